The van der Waals surface area contributed by atoms with Gasteiger partial charge in [0.15, 0.2) is 0 Å². The van der Waals surface area contributed by atoms with Gasteiger partial charge in [0, 0.05) is 12.7 Å². The van der Waals surface area contributed by atoms with Crippen LogP contribution in [0.5, 0.6) is 0 Å². The predicted octanol–water partition coefficient (Wildman–Crippen LogP) is 2.66. The molecule has 0 fully saturated rings. The van der Waals surface area contributed by atoms with E-state index in [0.717, 1.165) is 0 Å². The molecular weight excluding hydrogens is 245 g/mol. The fraction of sp³-hybridized carbons (Fsp3) is 0.583. The van der Waals surface area contributed by atoms with Crippen LogP contribution in [0.15, 0.2) is 12.3 Å². The minimum atomic E-state index is -4.25. The Morgan fingerprint density at radius 3 is 2.50 bits per heavy atom. The quantitative estimate of drug-likeness (QED) is 0.886. The Balaban J connectivity index is 2.98. The number of aliphatic hydroxyl groups excluding tert-OH is 1. The van der Waals surface area contributed by atoms with E-state index in [4.69, 9.17) is 5.11 Å². The summed E-state index contributed by atoms with van der Waals surface area (Å²) in [7, 11) is 0. The largest absolute Gasteiger partial charge is 0.405 e. The van der Waals surface area contributed by atoms with Gasteiger partial charge in [-0.15, -0.1) is 0 Å². The zero-order valence-corrected chi connectivity index (χ0v) is 10.5. The van der Waals surface area contributed by atoms with Gasteiger partial charge in [-0.05, 0) is 30.5 Å². The number of hydrogen-bond acceptors (Lipinski definition) is 3. The number of alkyl halides is 3. The third-order valence-electron chi connectivity index (χ3n) is 2.45. The fourth-order valence-electron chi connectivity index (χ4n) is 1.79. The molecule has 0 aliphatic carbocycles. The van der Waals surface area contributed by atoms with Gasteiger partial charge in [-0.1, -0.05) is 6.92 Å². The smallest absolute Gasteiger partial charge is 0.392 e. The standard InChI is InChI=1S/C12H17F3N2O/c1-3-4-17(8-12(13,14)15)11-9(2)5-10(7-18)6-16-11/h5-6,18H,3-4,7-8H2,1-2H3. The third kappa shape index (κ3) is 4.18. The summed E-state index contributed by atoms with van der Waals surface area (Å²) in [5.41, 5.74) is 1.24. The van der Waals surface area contributed by atoms with Crippen molar-refractivity contribution in [2.45, 2.75) is 33.1 Å². The number of aromatic nitrogens is 1. The van der Waals surface area contributed by atoms with Crippen LogP contribution in [0.3, 0.4) is 0 Å². The van der Waals surface area contributed by atoms with Gasteiger partial charge in [-0.2, -0.15) is 13.2 Å². The summed E-state index contributed by atoms with van der Waals surface area (Å²) in [5.74, 6) is 0.325. The van der Waals surface area contributed by atoms with Crippen LogP contribution < -0.4 is 4.90 Å². The van der Waals surface area contributed by atoms with E-state index >= 15 is 0 Å². The lowest BCUT2D eigenvalue weighted by atomic mass is 10.2. The van der Waals surface area contributed by atoms with Crippen LogP contribution in [0.2, 0.25) is 0 Å². The van der Waals surface area contributed by atoms with E-state index in [2.05, 4.69) is 4.98 Å². The number of aryl methyl sites for hydroxylation is 1. The Kier molecular flexibility index (Phi) is 4.95. The summed E-state index contributed by atoms with van der Waals surface area (Å²) in [6.45, 7) is 2.64. The third-order valence-corrected chi connectivity index (χ3v) is 2.45. The molecule has 0 atom stereocenters. The fourth-order valence-corrected chi connectivity index (χ4v) is 1.79. The van der Waals surface area contributed by atoms with Crippen LogP contribution >= 0.6 is 0 Å². The molecule has 0 aromatic carbocycles. The molecule has 0 amide bonds. The summed E-state index contributed by atoms with van der Waals surface area (Å²) in [6.07, 6.45) is -2.24. The molecule has 0 unspecified atom stereocenters. The molecule has 1 aromatic heterocycles. The van der Waals surface area contributed by atoms with Crippen LogP contribution in [0.1, 0.15) is 24.5 Å². The second kappa shape index (κ2) is 6.04. The van der Waals surface area contributed by atoms with Crippen molar-refractivity contribution in [2.24, 2.45) is 0 Å². The number of aliphatic hydroxyl groups is 1. The van der Waals surface area contributed by atoms with Gasteiger partial charge in [0.05, 0.1) is 6.61 Å². The molecule has 0 spiro atoms. The van der Waals surface area contributed by atoms with E-state index in [-0.39, 0.29) is 6.61 Å². The number of pyridine rings is 1. The van der Waals surface area contributed by atoms with Crippen molar-refractivity contribution in [2.75, 3.05) is 18.0 Å². The molecule has 6 heteroatoms. The van der Waals surface area contributed by atoms with Crippen LogP contribution in [-0.2, 0) is 6.61 Å². The first kappa shape index (κ1) is 14.8. The summed E-state index contributed by atoms with van der Waals surface area (Å²) in [6, 6.07) is 1.65. The monoisotopic (exact) mass is 262 g/mol. The Morgan fingerprint density at radius 2 is 2.06 bits per heavy atom. The van der Waals surface area contributed by atoms with Gasteiger partial charge in [0.2, 0.25) is 0 Å². The van der Waals surface area contributed by atoms with Crippen molar-refractivity contribution < 1.29 is 18.3 Å². The molecule has 0 bridgehead atoms. The second-order valence-corrected chi connectivity index (χ2v) is 4.18. The molecule has 3 nitrogen and oxygen atoms in total. The molecule has 0 aliphatic rings. The zero-order valence-electron chi connectivity index (χ0n) is 10.5. The maximum absolute atomic E-state index is 12.5. The molecule has 102 valence electrons. The van der Waals surface area contributed by atoms with Gasteiger partial charge < -0.3 is 10.0 Å². The van der Waals surface area contributed by atoms with E-state index in [9.17, 15) is 13.2 Å². The van der Waals surface area contributed by atoms with Crippen LogP contribution in [0.25, 0.3) is 0 Å². The van der Waals surface area contributed by atoms with Crippen molar-refractivity contribution in [3.05, 3.63) is 23.4 Å². The molecule has 1 aromatic rings. The van der Waals surface area contributed by atoms with Crippen molar-refractivity contribution in [1.29, 1.82) is 0 Å². The lowest BCUT2D eigenvalue weighted by Crippen LogP contribution is -2.35. The van der Waals surface area contributed by atoms with Crippen molar-refractivity contribution in [1.82, 2.24) is 4.98 Å². The lowest BCUT2D eigenvalue weighted by molar-refractivity contribution is -0.119. The normalized spacial score (nSPS) is 11.7. The number of nitrogens with zero attached hydrogens (tertiary/aromatic N) is 2. The van der Waals surface area contributed by atoms with E-state index in [1.165, 1.54) is 11.1 Å². The van der Waals surface area contributed by atoms with Crippen LogP contribution in [0.4, 0.5) is 19.0 Å². The molecule has 18 heavy (non-hydrogen) atoms. The summed E-state index contributed by atoms with van der Waals surface area (Å²) < 4.78 is 37.4. The predicted molar refractivity (Wildman–Crippen MR) is 63.5 cm³/mol. The minimum absolute atomic E-state index is 0.166. The second-order valence-electron chi connectivity index (χ2n) is 4.18. The van der Waals surface area contributed by atoms with E-state index in [1.54, 1.807) is 13.0 Å². The molecule has 0 aliphatic heterocycles. The Hall–Kier alpha value is -1.30. The van der Waals surface area contributed by atoms with Gasteiger partial charge in [-0.25, -0.2) is 4.98 Å². The first-order valence-corrected chi connectivity index (χ1v) is 5.75. The lowest BCUT2D eigenvalue weighted by Gasteiger charge is -2.26. The molecule has 0 saturated heterocycles. The number of rotatable bonds is 5. The average Bonchev–Trinajstić information content (AvgIpc) is 2.26. The van der Waals surface area contributed by atoms with Crippen LogP contribution in [-0.4, -0.2) is 29.4 Å². The van der Waals surface area contributed by atoms with E-state index in [0.29, 0.717) is 29.9 Å². The average molecular weight is 262 g/mol. The molecule has 1 heterocycles. The van der Waals surface area contributed by atoms with Crippen molar-refractivity contribution >= 4 is 5.82 Å². The van der Waals surface area contributed by atoms with Gasteiger partial charge in [-0.3, -0.25) is 0 Å². The molecule has 0 radical (unpaired) electrons. The highest BCUT2D eigenvalue weighted by Crippen LogP contribution is 2.24. The summed E-state index contributed by atoms with van der Waals surface area (Å²) >= 11 is 0. The highest BCUT2D eigenvalue weighted by molar-refractivity contribution is 5.47. The number of halogens is 3. The van der Waals surface area contributed by atoms with Gasteiger partial charge >= 0.3 is 6.18 Å². The highest BCUT2D eigenvalue weighted by Gasteiger charge is 2.31. The Labute approximate surface area is 104 Å². The molecule has 0 saturated carbocycles. The summed E-state index contributed by atoms with van der Waals surface area (Å²) in [5, 5.41) is 8.95. The minimum Gasteiger partial charge on any atom is -0.392 e. The summed E-state index contributed by atoms with van der Waals surface area (Å²) in [4.78, 5) is 5.24. The van der Waals surface area contributed by atoms with Gasteiger partial charge in [0.25, 0.3) is 0 Å². The molecular formula is C12H17F3N2O. The first-order chi connectivity index (χ1) is 8.37. The number of hydrogen-bond donors (Lipinski definition) is 1. The van der Waals surface area contributed by atoms with Crippen molar-refractivity contribution in [3.63, 3.8) is 0 Å². The Bertz CT molecular complexity index is 393. The topological polar surface area (TPSA) is 36.4 Å². The Morgan fingerprint density at radius 1 is 1.39 bits per heavy atom. The zero-order chi connectivity index (χ0) is 13.8. The number of anilines is 1. The van der Waals surface area contributed by atoms with Crippen molar-refractivity contribution in [3.8, 4) is 0 Å². The maximum Gasteiger partial charge on any atom is 0.405 e. The maximum atomic E-state index is 12.5. The molecule has 1 N–H and O–H groups in total. The molecule has 1 rings (SSSR count). The van der Waals surface area contributed by atoms with E-state index in [1.807, 2.05) is 6.92 Å². The van der Waals surface area contributed by atoms with Crippen LogP contribution in [0, 0.1) is 6.92 Å². The van der Waals surface area contributed by atoms with E-state index < -0.39 is 12.7 Å². The SMILES string of the molecule is CCCN(CC(F)(F)F)c1ncc(CO)cc1C. The van der Waals surface area contributed by atoms with Gasteiger partial charge in [0.1, 0.15) is 12.4 Å². The highest BCUT2D eigenvalue weighted by atomic mass is 19.4. The first-order valence-electron chi connectivity index (χ1n) is 5.75.